The second-order valence-electron chi connectivity index (χ2n) is 6.18. The highest BCUT2D eigenvalue weighted by atomic mass is 16.5. The molecule has 0 aromatic heterocycles. The number of nitrogens with zero attached hydrogens (tertiary/aromatic N) is 1. The molecule has 25 heavy (non-hydrogen) atoms. The van der Waals surface area contributed by atoms with Crippen molar-refractivity contribution in [3.05, 3.63) is 35.4 Å². The van der Waals surface area contributed by atoms with Crippen molar-refractivity contribution in [2.75, 3.05) is 26.7 Å². The lowest BCUT2D eigenvalue weighted by Crippen LogP contribution is -2.51. The van der Waals surface area contributed by atoms with E-state index in [4.69, 9.17) is 4.74 Å². The zero-order valence-electron chi connectivity index (χ0n) is 14.9. The van der Waals surface area contributed by atoms with Gasteiger partial charge in [0.25, 0.3) is 5.91 Å². The number of aryl methyl sites for hydroxylation is 1. The summed E-state index contributed by atoms with van der Waals surface area (Å²) in [7, 11) is 1.54. The van der Waals surface area contributed by atoms with E-state index in [-0.39, 0.29) is 30.7 Å². The van der Waals surface area contributed by atoms with Crippen LogP contribution in [-0.4, -0.2) is 55.5 Å². The molecule has 0 spiro atoms. The van der Waals surface area contributed by atoms with Crippen LogP contribution in [0.15, 0.2) is 24.3 Å². The van der Waals surface area contributed by atoms with Crippen LogP contribution in [0.1, 0.15) is 30.5 Å². The van der Waals surface area contributed by atoms with E-state index in [0.717, 1.165) is 11.1 Å². The van der Waals surface area contributed by atoms with Gasteiger partial charge in [-0.2, -0.15) is 0 Å². The first-order chi connectivity index (χ1) is 11.9. The van der Waals surface area contributed by atoms with Gasteiger partial charge in [0.05, 0.1) is 25.6 Å². The van der Waals surface area contributed by atoms with Crippen molar-refractivity contribution in [2.45, 2.75) is 32.4 Å². The summed E-state index contributed by atoms with van der Waals surface area (Å²) < 4.78 is 5.40. The Hall–Kier alpha value is -2.41. The van der Waals surface area contributed by atoms with Gasteiger partial charge in [-0.1, -0.05) is 29.8 Å². The van der Waals surface area contributed by atoms with Crippen LogP contribution in [0.3, 0.4) is 0 Å². The lowest BCUT2D eigenvalue weighted by Gasteiger charge is -2.33. The van der Waals surface area contributed by atoms with Crippen LogP contribution < -0.4 is 10.6 Å². The van der Waals surface area contributed by atoms with Gasteiger partial charge in [-0.15, -0.1) is 0 Å². The molecule has 1 saturated heterocycles. The molecular weight excluding hydrogens is 322 g/mol. The topological polar surface area (TPSA) is 87.7 Å². The number of benzene rings is 1. The lowest BCUT2D eigenvalue weighted by atomic mass is 10.0. The van der Waals surface area contributed by atoms with E-state index in [1.165, 1.54) is 14.0 Å². The van der Waals surface area contributed by atoms with Crippen LogP contribution in [0.5, 0.6) is 0 Å². The summed E-state index contributed by atoms with van der Waals surface area (Å²) in [5.41, 5.74) is 1.99. The number of likely N-dealkylation sites (N-methyl/N-ethyl adjacent to an activating group) is 1. The molecule has 1 aromatic rings. The molecule has 0 unspecified atom stereocenters. The normalized spacial score (nSPS) is 18.4. The van der Waals surface area contributed by atoms with E-state index < -0.39 is 12.1 Å². The number of amides is 3. The van der Waals surface area contributed by atoms with Crippen LogP contribution >= 0.6 is 0 Å². The van der Waals surface area contributed by atoms with Crippen molar-refractivity contribution < 1.29 is 19.1 Å². The molecule has 2 rings (SSSR count). The van der Waals surface area contributed by atoms with Crippen molar-refractivity contribution in [1.82, 2.24) is 15.5 Å². The van der Waals surface area contributed by atoms with Crippen LogP contribution in [-0.2, 0) is 19.1 Å². The van der Waals surface area contributed by atoms with Gasteiger partial charge in [-0.25, -0.2) is 0 Å². The molecule has 1 heterocycles. The first kappa shape index (κ1) is 18.9. The molecule has 0 aliphatic carbocycles. The third-order valence-electron chi connectivity index (χ3n) is 4.19. The third kappa shape index (κ3) is 5.29. The zero-order valence-corrected chi connectivity index (χ0v) is 14.9. The summed E-state index contributed by atoms with van der Waals surface area (Å²) >= 11 is 0. The Morgan fingerprint density at radius 2 is 1.96 bits per heavy atom. The van der Waals surface area contributed by atoms with Crippen molar-refractivity contribution in [2.24, 2.45) is 0 Å². The molecule has 7 heteroatoms. The summed E-state index contributed by atoms with van der Waals surface area (Å²) in [5, 5.41) is 5.37. The first-order valence-corrected chi connectivity index (χ1v) is 8.35. The summed E-state index contributed by atoms with van der Waals surface area (Å²) in [6.07, 6.45) is -0.510. The van der Waals surface area contributed by atoms with Gasteiger partial charge in [-0.3, -0.25) is 14.4 Å². The van der Waals surface area contributed by atoms with Gasteiger partial charge in [0.2, 0.25) is 11.8 Å². The molecule has 1 aliphatic heterocycles. The summed E-state index contributed by atoms with van der Waals surface area (Å²) in [6.45, 7) is 4.39. The largest absolute Gasteiger partial charge is 0.365 e. The average Bonchev–Trinajstić information content (AvgIpc) is 2.60. The number of nitrogens with one attached hydrogen (secondary N) is 2. The Morgan fingerprint density at radius 1 is 1.28 bits per heavy atom. The fourth-order valence-electron chi connectivity index (χ4n) is 2.80. The molecule has 0 saturated carbocycles. The minimum atomic E-state index is -0.652. The van der Waals surface area contributed by atoms with Gasteiger partial charge in [-0.05, 0) is 12.5 Å². The lowest BCUT2D eigenvalue weighted by molar-refractivity contribution is -0.147. The standard InChI is InChI=1S/C18H25N3O4/c1-12-4-6-14(7-5-12)15(20-13(2)22)10-17(23)21-8-9-25-16(11-21)18(24)19-3/h4-7,15-16H,8-11H2,1-3H3,(H,19,24)(H,20,22)/t15-,16+/m1/s1. The fourth-order valence-corrected chi connectivity index (χ4v) is 2.80. The molecular formula is C18H25N3O4. The predicted octanol–water partition coefficient (Wildman–Crippen LogP) is 0.536. The molecule has 3 amide bonds. The Morgan fingerprint density at radius 3 is 2.56 bits per heavy atom. The van der Waals surface area contributed by atoms with Gasteiger partial charge in [0.1, 0.15) is 0 Å². The number of hydrogen-bond acceptors (Lipinski definition) is 4. The van der Waals surface area contributed by atoms with Crippen LogP contribution in [0.2, 0.25) is 0 Å². The highest BCUT2D eigenvalue weighted by molar-refractivity contribution is 5.83. The highest BCUT2D eigenvalue weighted by Gasteiger charge is 2.30. The molecule has 2 N–H and O–H groups in total. The summed E-state index contributed by atoms with van der Waals surface area (Å²) in [6, 6.07) is 7.33. The van der Waals surface area contributed by atoms with E-state index in [1.807, 2.05) is 31.2 Å². The van der Waals surface area contributed by atoms with E-state index in [9.17, 15) is 14.4 Å². The number of morpholine rings is 1. The number of carbonyl (C=O) groups excluding carboxylic acids is 3. The molecule has 1 aromatic carbocycles. The summed E-state index contributed by atoms with van der Waals surface area (Å²) in [4.78, 5) is 37.5. The van der Waals surface area contributed by atoms with Crippen molar-refractivity contribution in [1.29, 1.82) is 0 Å². The van der Waals surface area contributed by atoms with E-state index in [2.05, 4.69) is 10.6 Å². The second-order valence-corrected chi connectivity index (χ2v) is 6.18. The van der Waals surface area contributed by atoms with Crippen molar-refractivity contribution >= 4 is 17.7 Å². The van der Waals surface area contributed by atoms with E-state index >= 15 is 0 Å². The highest BCUT2D eigenvalue weighted by Crippen LogP contribution is 2.20. The van der Waals surface area contributed by atoms with Crippen LogP contribution in [0.25, 0.3) is 0 Å². The first-order valence-electron chi connectivity index (χ1n) is 8.35. The smallest absolute Gasteiger partial charge is 0.250 e. The molecule has 7 nitrogen and oxygen atoms in total. The molecule has 1 aliphatic rings. The van der Waals surface area contributed by atoms with E-state index in [1.54, 1.807) is 4.90 Å². The fraction of sp³-hybridized carbons (Fsp3) is 0.500. The van der Waals surface area contributed by atoms with Crippen LogP contribution in [0, 0.1) is 6.92 Å². The number of rotatable bonds is 5. The zero-order chi connectivity index (χ0) is 18.4. The van der Waals surface area contributed by atoms with E-state index in [0.29, 0.717) is 13.2 Å². The molecule has 2 atom stereocenters. The quantitative estimate of drug-likeness (QED) is 0.814. The molecule has 136 valence electrons. The minimum Gasteiger partial charge on any atom is -0.365 e. The Kier molecular flexibility index (Phi) is 6.52. The number of ether oxygens (including phenoxy) is 1. The predicted molar refractivity (Wildman–Crippen MR) is 92.7 cm³/mol. The van der Waals surface area contributed by atoms with Gasteiger partial charge < -0.3 is 20.3 Å². The monoisotopic (exact) mass is 347 g/mol. The Labute approximate surface area is 147 Å². The molecule has 0 radical (unpaired) electrons. The van der Waals surface area contributed by atoms with Gasteiger partial charge in [0, 0.05) is 20.5 Å². The van der Waals surface area contributed by atoms with Crippen LogP contribution in [0.4, 0.5) is 0 Å². The minimum absolute atomic E-state index is 0.114. The maximum absolute atomic E-state index is 12.7. The number of carbonyl (C=O) groups is 3. The maximum atomic E-state index is 12.7. The summed E-state index contributed by atoms with van der Waals surface area (Å²) in [5.74, 6) is -0.547. The SMILES string of the molecule is CNC(=O)[C@@H]1CN(C(=O)C[C@@H](NC(C)=O)c2ccc(C)cc2)CCO1. The van der Waals surface area contributed by atoms with Crippen molar-refractivity contribution in [3.8, 4) is 0 Å². The third-order valence-corrected chi connectivity index (χ3v) is 4.19. The van der Waals surface area contributed by atoms with Gasteiger partial charge in [0.15, 0.2) is 6.10 Å². The average molecular weight is 347 g/mol. The Bertz CT molecular complexity index is 630. The van der Waals surface area contributed by atoms with Gasteiger partial charge >= 0.3 is 0 Å². The molecule has 1 fully saturated rings. The maximum Gasteiger partial charge on any atom is 0.250 e. The Balaban J connectivity index is 2.07. The second kappa shape index (κ2) is 8.62. The molecule has 0 bridgehead atoms. The number of hydrogen-bond donors (Lipinski definition) is 2. The van der Waals surface area contributed by atoms with Crippen molar-refractivity contribution in [3.63, 3.8) is 0 Å².